The SMILES string of the molecule is CCn1c(C)nnc1SCCn1cc([C@@H]2CCCNC2)nn1. The molecule has 0 spiro atoms. The van der Waals surface area contributed by atoms with Crippen LogP contribution in [0.2, 0.25) is 0 Å². The van der Waals surface area contributed by atoms with E-state index in [-0.39, 0.29) is 0 Å². The summed E-state index contributed by atoms with van der Waals surface area (Å²) in [6.07, 6.45) is 4.52. The van der Waals surface area contributed by atoms with Crippen molar-refractivity contribution in [1.29, 1.82) is 0 Å². The number of aromatic nitrogens is 6. The highest BCUT2D eigenvalue weighted by molar-refractivity contribution is 7.99. The molecule has 1 N–H and O–H groups in total. The Morgan fingerprint density at radius 2 is 2.27 bits per heavy atom. The van der Waals surface area contributed by atoms with Crippen LogP contribution in [0.5, 0.6) is 0 Å². The molecule has 22 heavy (non-hydrogen) atoms. The van der Waals surface area contributed by atoms with Crippen molar-refractivity contribution in [2.75, 3.05) is 18.8 Å². The average Bonchev–Trinajstić information content (AvgIpc) is 3.15. The molecule has 0 saturated carbocycles. The topological polar surface area (TPSA) is 73.5 Å². The third kappa shape index (κ3) is 3.49. The van der Waals surface area contributed by atoms with Gasteiger partial charge >= 0.3 is 0 Å². The summed E-state index contributed by atoms with van der Waals surface area (Å²) in [7, 11) is 0. The number of hydrogen-bond acceptors (Lipinski definition) is 6. The molecule has 7 nitrogen and oxygen atoms in total. The number of nitrogens with zero attached hydrogens (tertiary/aromatic N) is 6. The lowest BCUT2D eigenvalue weighted by Crippen LogP contribution is -2.28. The summed E-state index contributed by atoms with van der Waals surface area (Å²) < 4.78 is 4.07. The molecular weight excluding hydrogens is 298 g/mol. The standard InChI is InChI=1S/C14H23N7S/c1-3-21-11(2)16-18-14(21)22-8-7-20-10-13(17-19-20)12-5-4-6-15-9-12/h10,12,15H,3-9H2,1-2H3/t12-/m1/s1. The number of rotatable bonds is 6. The maximum atomic E-state index is 4.33. The van der Waals surface area contributed by atoms with E-state index in [1.165, 1.54) is 12.8 Å². The van der Waals surface area contributed by atoms with E-state index in [9.17, 15) is 0 Å². The van der Waals surface area contributed by atoms with Gasteiger partial charge < -0.3 is 9.88 Å². The van der Waals surface area contributed by atoms with Crippen molar-refractivity contribution in [2.45, 2.75) is 50.9 Å². The first-order valence-corrected chi connectivity index (χ1v) is 8.90. The van der Waals surface area contributed by atoms with Crippen LogP contribution in [0.25, 0.3) is 0 Å². The Kier molecular flexibility index (Phi) is 5.09. The fraction of sp³-hybridized carbons (Fsp3) is 0.714. The first-order valence-electron chi connectivity index (χ1n) is 7.91. The van der Waals surface area contributed by atoms with Crippen molar-refractivity contribution in [1.82, 2.24) is 35.1 Å². The molecule has 0 aliphatic carbocycles. The molecule has 0 bridgehead atoms. The van der Waals surface area contributed by atoms with Crippen LogP contribution in [0, 0.1) is 6.92 Å². The number of nitrogens with one attached hydrogen (secondary N) is 1. The second-order valence-corrected chi connectivity index (χ2v) is 6.63. The van der Waals surface area contributed by atoms with Crippen molar-refractivity contribution in [2.24, 2.45) is 0 Å². The van der Waals surface area contributed by atoms with Gasteiger partial charge in [0, 0.05) is 31.0 Å². The molecule has 1 saturated heterocycles. The zero-order valence-electron chi connectivity index (χ0n) is 13.2. The monoisotopic (exact) mass is 321 g/mol. The van der Waals surface area contributed by atoms with E-state index < -0.39 is 0 Å². The molecule has 8 heteroatoms. The van der Waals surface area contributed by atoms with Gasteiger partial charge in [-0.15, -0.1) is 15.3 Å². The largest absolute Gasteiger partial charge is 0.316 e. The van der Waals surface area contributed by atoms with E-state index in [1.54, 1.807) is 11.8 Å². The van der Waals surface area contributed by atoms with Gasteiger partial charge in [0.25, 0.3) is 0 Å². The lowest BCUT2D eigenvalue weighted by Gasteiger charge is -2.20. The van der Waals surface area contributed by atoms with Gasteiger partial charge in [-0.1, -0.05) is 17.0 Å². The van der Waals surface area contributed by atoms with E-state index in [2.05, 4.69) is 43.5 Å². The lowest BCUT2D eigenvalue weighted by molar-refractivity contribution is 0.454. The zero-order chi connectivity index (χ0) is 15.4. The highest BCUT2D eigenvalue weighted by atomic mass is 32.2. The summed E-state index contributed by atoms with van der Waals surface area (Å²) in [4.78, 5) is 0. The van der Waals surface area contributed by atoms with Crippen molar-refractivity contribution >= 4 is 11.8 Å². The molecule has 2 aromatic rings. The molecule has 0 aromatic carbocycles. The Balaban J connectivity index is 1.52. The van der Waals surface area contributed by atoms with Crippen LogP contribution < -0.4 is 5.32 Å². The van der Waals surface area contributed by atoms with Gasteiger partial charge in [0.1, 0.15) is 5.82 Å². The molecule has 2 aromatic heterocycles. The van der Waals surface area contributed by atoms with Crippen LogP contribution in [-0.4, -0.2) is 48.6 Å². The van der Waals surface area contributed by atoms with Crippen molar-refractivity contribution in [3.63, 3.8) is 0 Å². The van der Waals surface area contributed by atoms with Gasteiger partial charge in [-0.25, -0.2) is 0 Å². The van der Waals surface area contributed by atoms with E-state index in [4.69, 9.17) is 0 Å². The molecule has 120 valence electrons. The Bertz CT molecular complexity index is 600. The van der Waals surface area contributed by atoms with Gasteiger partial charge in [0.15, 0.2) is 5.16 Å². The van der Waals surface area contributed by atoms with Gasteiger partial charge in [0.2, 0.25) is 0 Å². The summed E-state index contributed by atoms with van der Waals surface area (Å²) in [5, 5.41) is 21.3. The van der Waals surface area contributed by atoms with Crippen molar-refractivity contribution < 1.29 is 0 Å². The smallest absolute Gasteiger partial charge is 0.191 e. The molecule has 0 amide bonds. The second kappa shape index (κ2) is 7.23. The maximum absolute atomic E-state index is 4.33. The van der Waals surface area contributed by atoms with Crippen molar-refractivity contribution in [3.8, 4) is 0 Å². The fourth-order valence-corrected chi connectivity index (χ4v) is 3.75. The summed E-state index contributed by atoms with van der Waals surface area (Å²) in [5.74, 6) is 2.41. The zero-order valence-corrected chi connectivity index (χ0v) is 14.0. The number of piperidine rings is 1. The molecular formula is C14H23N7S. The van der Waals surface area contributed by atoms with E-state index >= 15 is 0 Å². The predicted molar refractivity (Wildman–Crippen MR) is 86.0 cm³/mol. The first kappa shape index (κ1) is 15.5. The predicted octanol–water partition coefficient (Wildman–Crippen LogP) is 1.46. The number of hydrogen-bond donors (Lipinski definition) is 1. The average molecular weight is 321 g/mol. The number of aryl methyl sites for hydroxylation is 2. The maximum Gasteiger partial charge on any atom is 0.191 e. The molecule has 1 aliphatic heterocycles. The lowest BCUT2D eigenvalue weighted by atomic mass is 9.97. The van der Waals surface area contributed by atoms with Crippen LogP contribution >= 0.6 is 11.8 Å². The minimum atomic E-state index is 0.515. The second-order valence-electron chi connectivity index (χ2n) is 5.57. The molecule has 1 fully saturated rings. The van der Waals surface area contributed by atoms with E-state index in [1.807, 2.05) is 11.6 Å². The van der Waals surface area contributed by atoms with Crippen LogP contribution in [0.15, 0.2) is 11.4 Å². The first-order chi connectivity index (χ1) is 10.8. The van der Waals surface area contributed by atoms with Gasteiger partial charge in [-0.3, -0.25) is 4.68 Å². The number of thioether (sulfide) groups is 1. The Labute approximate surface area is 134 Å². The van der Waals surface area contributed by atoms with E-state index in [0.717, 1.165) is 48.6 Å². The molecule has 0 unspecified atom stereocenters. The van der Waals surface area contributed by atoms with Gasteiger partial charge in [0.05, 0.1) is 12.2 Å². The van der Waals surface area contributed by atoms with Gasteiger partial charge in [-0.05, 0) is 33.2 Å². The molecule has 3 heterocycles. The minimum absolute atomic E-state index is 0.515. The highest BCUT2D eigenvalue weighted by Gasteiger charge is 2.18. The molecule has 0 radical (unpaired) electrons. The molecule has 1 atom stereocenters. The normalized spacial score (nSPS) is 18.7. The minimum Gasteiger partial charge on any atom is -0.316 e. The Morgan fingerprint density at radius 3 is 3.05 bits per heavy atom. The Hall–Kier alpha value is -1.41. The van der Waals surface area contributed by atoms with Crippen molar-refractivity contribution in [3.05, 3.63) is 17.7 Å². The summed E-state index contributed by atoms with van der Waals surface area (Å²) in [5.41, 5.74) is 1.12. The highest BCUT2D eigenvalue weighted by Crippen LogP contribution is 2.21. The van der Waals surface area contributed by atoms with Crippen LogP contribution in [0.3, 0.4) is 0 Å². The third-order valence-electron chi connectivity index (χ3n) is 4.04. The Morgan fingerprint density at radius 1 is 1.36 bits per heavy atom. The summed E-state index contributed by atoms with van der Waals surface area (Å²) in [6, 6.07) is 0. The summed E-state index contributed by atoms with van der Waals surface area (Å²) >= 11 is 1.72. The van der Waals surface area contributed by atoms with Gasteiger partial charge in [-0.2, -0.15) is 0 Å². The molecule has 3 rings (SSSR count). The summed E-state index contributed by atoms with van der Waals surface area (Å²) in [6.45, 7) is 7.99. The fourth-order valence-electron chi connectivity index (χ4n) is 2.78. The van der Waals surface area contributed by atoms with E-state index in [0.29, 0.717) is 5.92 Å². The van der Waals surface area contributed by atoms with Crippen LogP contribution in [-0.2, 0) is 13.1 Å². The van der Waals surface area contributed by atoms with Crippen LogP contribution in [0.4, 0.5) is 0 Å². The molecule has 1 aliphatic rings. The quantitative estimate of drug-likeness (QED) is 0.812. The third-order valence-corrected chi connectivity index (χ3v) is 4.99. The van der Waals surface area contributed by atoms with Crippen LogP contribution in [0.1, 0.15) is 37.2 Å².